The smallest absolute Gasteiger partial charge is 0.335 e. The number of rotatable bonds is 4. The highest BCUT2D eigenvalue weighted by atomic mass is 19.1. The van der Waals surface area contributed by atoms with E-state index in [-0.39, 0.29) is 11.4 Å². The Hall–Kier alpha value is -3.55. The number of hydrogen-bond acceptors (Lipinski definition) is 5. The summed E-state index contributed by atoms with van der Waals surface area (Å²) in [7, 11) is 1.49. The summed E-state index contributed by atoms with van der Waals surface area (Å²) in [5, 5.41) is 2.10. The van der Waals surface area contributed by atoms with Gasteiger partial charge in [-0.05, 0) is 36.4 Å². The molecule has 1 saturated heterocycles. The van der Waals surface area contributed by atoms with Crippen LogP contribution in [-0.2, 0) is 9.59 Å². The zero-order chi connectivity index (χ0) is 18.7. The Morgan fingerprint density at radius 1 is 1.12 bits per heavy atom. The number of hydrogen-bond donors (Lipinski definition) is 1. The summed E-state index contributed by atoms with van der Waals surface area (Å²) in [5.74, 6) is -2.98. The lowest BCUT2D eigenvalue weighted by Gasteiger charge is -2.28. The highest BCUT2D eigenvalue weighted by Gasteiger charge is 2.40. The molecule has 1 atom stereocenters. The van der Waals surface area contributed by atoms with Crippen LogP contribution in [0.1, 0.15) is 0 Å². The van der Waals surface area contributed by atoms with Gasteiger partial charge in [-0.1, -0.05) is 12.1 Å². The first-order chi connectivity index (χ1) is 12.5. The lowest BCUT2D eigenvalue weighted by molar-refractivity contribution is -0.131. The van der Waals surface area contributed by atoms with Crippen molar-refractivity contribution in [3.8, 4) is 5.75 Å². The molecule has 0 aliphatic carbocycles. The number of imide groups is 2. The molecule has 0 aromatic heterocycles. The average Bonchev–Trinajstić information content (AvgIpc) is 2.63. The van der Waals surface area contributed by atoms with Gasteiger partial charge in [0.2, 0.25) is 5.91 Å². The Labute approximate surface area is 148 Å². The van der Waals surface area contributed by atoms with Crippen molar-refractivity contribution >= 4 is 35.4 Å². The molecule has 132 valence electrons. The summed E-state index contributed by atoms with van der Waals surface area (Å²) in [6, 6.07) is 11.0. The minimum atomic E-state index is -1.35. The standard InChI is InChI=1S/C18H14FN3O4/c1-26-12-8-6-11(7-9-12)22-17(24)13(16(23)21-18(22)25)10-20-15-5-3-2-4-14(15)19/h2-10,13H,1H3,(H,21,23,25)/t13-/m0/s1. The van der Waals surface area contributed by atoms with Crippen LogP contribution in [0.3, 0.4) is 0 Å². The van der Waals surface area contributed by atoms with Crippen LogP contribution >= 0.6 is 0 Å². The van der Waals surface area contributed by atoms with Gasteiger partial charge in [-0.15, -0.1) is 0 Å². The number of benzene rings is 2. The number of methoxy groups -OCH3 is 1. The minimum absolute atomic E-state index is 0.0130. The molecule has 2 aromatic carbocycles. The molecular formula is C18H14FN3O4. The van der Waals surface area contributed by atoms with Crippen LogP contribution in [0, 0.1) is 11.7 Å². The molecule has 0 unspecified atom stereocenters. The highest BCUT2D eigenvalue weighted by Crippen LogP contribution is 2.24. The van der Waals surface area contributed by atoms with Crippen molar-refractivity contribution in [1.82, 2.24) is 5.32 Å². The molecule has 4 amide bonds. The van der Waals surface area contributed by atoms with Gasteiger partial charge < -0.3 is 4.74 Å². The maximum atomic E-state index is 13.6. The lowest BCUT2D eigenvalue weighted by Crippen LogP contribution is -2.58. The Morgan fingerprint density at radius 2 is 1.81 bits per heavy atom. The van der Waals surface area contributed by atoms with E-state index in [9.17, 15) is 18.8 Å². The van der Waals surface area contributed by atoms with Gasteiger partial charge in [0.15, 0.2) is 5.92 Å². The fourth-order valence-electron chi connectivity index (χ4n) is 2.41. The molecular weight excluding hydrogens is 341 g/mol. The van der Waals surface area contributed by atoms with E-state index in [1.54, 1.807) is 18.2 Å². The predicted molar refractivity (Wildman–Crippen MR) is 92.1 cm³/mol. The van der Waals surface area contributed by atoms with Gasteiger partial charge in [0.05, 0.1) is 18.5 Å². The zero-order valence-electron chi connectivity index (χ0n) is 13.7. The monoisotopic (exact) mass is 355 g/mol. The number of nitrogens with one attached hydrogen (secondary N) is 1. The van der Waals surface area contributed by atoms with E-state index in [1.165, 1.54) is 37.4 Å². The second-order valence-electron chi connectivity index (χ2n) is 5.37. The number of aliphatic imine (C=N–C) groups is 1. The van der Waals surface area contributed by atoms with Crippen molar-refractivity contribution in [2.75, 3.05) is 12.0 Å². The first-order valence-electron chi connectivity index (χ1n) is 7.63. The van der Waals surface area contributed by atoms with Crippen molar-refractivity contribution < 1.29 is 23.5 Å². The second-order valence-corrected chi connectivity index (χ2v) is 5.37. The van der Waals surface area contributed by atoms with Crippen LogP contribution in [0.2, 0.25) is 0 Å². The van der Waals surface area contributed by atoms with Crippen LogP contribution in [-0.4, -0.2) is 31.2 Å². The number of para-hydroxylation sites is 1. The van der Waals surface area contributed by atoms with E-state index in [2.05, 4.69) is 10.3 Å². The number of urea groups is 1. The Morgan fingerprint density at radius 3 is 2.46 bits per heavy atom. The first-order valence-corrected chi connectivity index (χ1v) is 7.63. The fourth-order valence-corrected chi connectivity index (χ4v) is 2.41. The van der Waals surface area contributed by atoms with Crippen LogP contribution in [0.25, 0.3) is 0 Å². The summed E-state index contributed by atoms with van der Waals surface area (Å²) in [6.45, 7) is 0. The lowest BCUT2D eigenvalue weighted by atomic mass is 10.1. The molecule has 1 N–H and O–H groups in total. The average molecular weight is 355 g/mol. The molecule has 1 heterocycles. The van der Waals surface area contributed by atoms with Crippen LogP contribution in [0.4, 0.5) is 20.6 Å². The molecule has 26 heavy (non-hydrogen) atoms. The number of nitrogens with zero attached hydrogens (tertiary/aromatic N) is 2. The van der Waals surface area contributed by atoms with Crippen LogP contribution in [0.5, 0.6) is 5.75 Å². The molecule has 0 bridgehead atoms. The first kappa shape index (κ1) is 17.3. The number of carbonyl (C=O) groups is 3. The fraction of sp³-hybridized carbons (Fsp3) is 0.111. The third-order valence-electron chi connectivity index (χ3n) is 3.75. The van der Waals surface area contributed by atoms with E-state index < -0.39 is 29.6 Å². The van der Waals surface area contributed by atoms with Gasteiger partial charge in [-0.2, -0.15) is 0 Å². The zero-order valence-corrected chi connectivity index (χ0v) is 13.7. The van der Waals surface area contributed by atoms with E-state index in [1.807, 2.05) is 0 Å². The van der Waals surface area contributed by atoms with Crippen molar-refractivity contribution in [3.05, 3.63) is 54.3 Å². The molecule has 0 radical (unpaired) electrons. The Bertz CT molecular complexity index is 896. The predicted octanol–water partition coefficient (Wildman–Crippen LogP) is 2.44. The third-order valence-corrected chi connectivity index (χ3v) is 3.75. The molecule has 0 spiro atoms. The van der Waals surface area contributed by atoms with Gasteiger partial charge in [0.1, 0.15) is 11.6 Å². The van der Waals surface area contributed by atoms with Crippen molar-refractivity contribution in [2.24, 2.45) is 10.9 Å². The molecule has 7 nitrogen and oxygen atoms in total. The van der Waals surface area contributed by atoms with E-state index in [0.29, 0.717) is 5.75 Å². The summed E-state index contributed by atoms with van der Waals surface area (Å²) in [6.07, 6.45) is 1.03. The van der Waals surface area contributed by atoms with Crippen molar-refractivity contribution in [1.29, 1.82) is 0 Å². The van der Waals surface area contributed by atoms with Gasteiger partial charge in [0.25, 0.3) is 5.91 Å². The normalized spacial score (nSPS) is 17.5. The van der Waals surface area contributed by atoms with Crippen LogP contribution in [0.15, 0.2) is 53.5 Å². The molecule has 1 fully saturated rings. The molecule has 0 saturated carbocycles. The summed E-state index contributed by atoms with van der Waals surface area (Å²) < 4.78 is 18.7. The number of amides is 4. The van der Waals surface area contributed by atoms with Gasteiger partial charge in [0, 0.05) is 6.21 Å². The Balaban J connectivity index is 1.89. The van der Waals surface area contributed by atoms with E-state index in [4.69, 9.17) is 4.74 Å². The second kappa shape index (κ2) is 7.14. The minimum Gasteiger partial charge on any atom is -0.497 e. The molecule has 1 aliphatic heterocycles. The summed E-state index contributed by atoms with van der Waals surface area (Å²) in [5.41, 5.74) is 0.256. The van der Waals surface area contributed by atoms with E-state index in [0.717, 1.165) is 11.1 Å². The van der Waals surface area contributed by atoms with Crippen molar-refractivity contribution in [3.63, 3.8) is 0 Å². The number of anilines is 1. The maximum absolute atomic E-state index is 13.6. The molecule has 2 aromatic rings. The van der Waals surface area contributed by atoms with Gasteiger partial charge in [-0.3, -0.25) is 19.9 Å². The highest BCUT2D eigenvalue weighted by molar-refractivity contribution is 6.32. The molecule has 1 aliphatic rings. The third kappa shape index (κ3) is 3.30. The number of barbiturate groups is 1. The van der Waals surface area contributed by atoms with Gasteiger partial charge >= 0.3 is 6.03 Å². The number of ether oxygens (including phenoxy) is 1. The SMILES string of the molecule is COc1ccc(N2C(=O)NC(=O)[C@H](C=Nc3ccccc3F)C2=O)cc1. The Kier molecular flexibility index (Phi) is 4.74. The molecule has 3 rings (SSSR count). The van der Waals surface area contributed by atoms with Crippen molar-refractivity contribution in [2.45, 2.75) is 0 Å². The number of carbonyl (C=O) groups excluding carboxylic acids is 3. The van der Waals surface area contributed by atoms with E-state index >= 15 is 0 Å². The largest absolute Gasteiger partial charge is 0.497 e. The van der Waals surface area contributed by atoms with Gasteiger partial charge in [-0.25, -0.2) is 14.1 Å². The van der Waals surface area contributed by atoms with Crippen LogP contribution < -0.4 is 15.0 Å². The maximum Gasteiger partial charge on any atom is 0.335 e. The topological polar surface area (TPSA) is 88.1 Å². The quantitative estimate of drug-likeness (QED) is 0.674. The molecule has 8 heteroatoms. The summed E-state index contributed by atoms with van der Waals surface area (Å²) in [4.78, 5) is 41.4. The number of halogens is 1. The summed E-state index contributed by atoms with van der Waals surface area (Å²) >= 11 is 0.